The molecule has 0 radical (unpaired) electrons. The molecule has 1 heterocycles. The molecule has 0 bridgehead atoms. The van der Waals surface area contributed by atoms with E-state index in [1.54, 1.807) is 11.3 Å². The highest BCUT2D eigenvalue weighted by Crippen LogP contribution is 2.09. The molecule has 0 saturated heterocycles. The molecule has 22 heavy (non-hydrogen) atoms. The number of hydrogen-bond acceptors (Lipinski definition) is 3. The van der Waals surface area contributed by atoms with Gasteiger partial charge in [0, 0.05) is 11.9 Å². The number of aromatic nitrogens is 1. The van der Waals surface area contributed by atoms with Gasteiger partial charge >= 0.3 is 0 Å². The minimum atomic E-state index is 0.674. The molecule has 118 valence electrons. The summed E-state index contributed by atoms with van der Waals surface area (Å²) in [4.78, 5) is 9.19. The Bertz CT molecular complexity index is 601. The number of rotatable bonds is 6. The second kappa shape index (κ2) is 8.54. The van der Waals surface area contributed by atoms with Gasteiger partial charge in [-0.15, -0.1) is 11.3 Å². The second-order valence-corrected chi connectivity index (χ2v) is 6.06. The number of aryl methyl sites for hydroxylation is 2. The predicted octanol–water partition coefficient (Wildman–Crippen LogP) is 3.27. The van der Waals surface area contributed by atoms with Crippen molar-refractivity contribution in [2.24, 2.45) is 4.99 Å². The molecule has 0 saturated carbocycles. The van der Waals surface area contributed by atoms with Gasteiger partial charge in [0.2, 0.25) is 0 Å². The summed E-state index contributed by atoms with van der Waals surface area (Å²) < 4.78 is 0. The van der Waals surface area contributed by atoms with Gasteiger partial charge in [0.25, 0.3) is 0 Å². The van der Waals surface area contributed by atoms with E-state index in [1.165, 1.54) is 16.1 Å². The molecule has 0 aliphatic rings. The highest BCUT2D eigenvalue weighted by Gasteiger charge is 2.02. The first kappa shape index (κ1) is 16.5. The monoisotopic (exact) mass is 316 g/mol. The minimum Gasteiger partial charge on any atom is -0.357 e. The lowest BCUT2D eigenvalue weighted by Crippen LogP contribution is -2.36. The zero-order valence-corrected chi connectivity index (χ0v) is 14.3. The Kier molecular flexibility index (Phi) is 6.40. The number of nitrogens with one attached hydrogen (secondary N) is 2. The molecular weight excluding hydrogens is 292 g/mol. The van der Waals surface area contributed by atoms with Crippen molar-refractivity contribution in [2.75, 3.05) is 6.54 Å². The van der Waals surface area contributed by atoms with Crippen LogP contribution in [0.25, 0.3) is 0 Å². The Morgan fingerprint density at radius 3 is 2.59 bits per heavy atom. The summed E-state index contributed by atoms with van der Waals surface area (Å²) in [6.45, 7) is 8.52. The van der Waals surface area contributed by atoms with Crippen LogP contribution in [0.2, 0.25) is 0 Å². The van der Waals surface area contributed by atoms with Gasteiger partial charge in [0.1, 0.15) is 0 Å². The van der Waals surface area contributed by atoms with Crippen molar-refractivity contribution in [1.82, 2.24) is 15.6 Å². The van der Waals surface area contributed by atoms with Crippen LogP contribution in [0.1, 0.15) is 35.7 Å². The fraction of sp³-hybridized carbons (Fsp3) is 0.412. The average Bonchev–Trinajstić information content (AvgIpc) is 3.00. The van der Waals surface area contributed by atoms with Crippen LogP contribution < -0.4 is 10.6 Å². The number of nitrogens with zero attached hydrogens (tertiary/aromatic N) is 2. The molecule has 2 aromatic rings. The normalized spacial score (nSPS) is 11.5. The van der Waals surface area contributed by atoms with Crippen LogP contribution >= 0.6 is 11.3 Å². The van der Waals surface area contributed by atoms with Crippen LogP contribution in [0.3, 0.4) is 0 Å². The lowest BCUT2D eigenvalue weighted by Gasteiger charge is -2.10. The van der Waals surface area contributed by atoms with E-state index in [4.69, 9.17) is 0 Å². The second-order valence-electron chi connectivity index (χ2n) is 5.12. The van der Waals surface area contributed by atoms with E-state index in [9.17, 15) is 0 Å². The molecule has 0 fully saturated rings. The zero-order chi connectivity index (χ0) is 15.8. The molecule has 0 spiro atoms. The van der Waals surface area contributed by atoms with Crippen LogP contribution in [0.4, 0.5) is 0 Å². The summed E-state index contributed by atoms with van der Waals surface area (Å²) >= 11 is 1.71. The topological polar surface area (TPSA) is 49.3 Å². The first-order chi connectivity index (χ1) is 10.7. The quantitative estimate of drug-likeness (QED) is 0.635. The maximum absolute atomic E-state index is 4.63. The summed E-state index contributed by atoms with van der Waals surface area (Å²) in [6, 6.07) is 8.48. The molecule has 1 aromatic heterocycles. The third-order valence-corrected chi connectivity index (χ3v) is 4.27. The molecule has 5 heteroatoms. The summed E-state index contributed by atoms with van der Waals surface area (Å²) in [5, 5.41) is 9.89. The van der Waals surface area contributed by atoms with E-state index in [-0.39, 0.29) is 0 Å². The van der Waals surface area contributed by atoms with E-state index in [2.05, 4.69) is 71.0 Å². The number of guanidine groups is 1. The van der Waals surface area contributed by atoms with Crippen molar-refractivity contribution in [3.8, 4) is 0 Å². The third-order valence-electron chi connectivity index (χ3n) is 3.22. The van der Waals surface area contributed by atoms with Crippen molar-refractivity contribution in [3.63, 3.8) is 0 Å². The molecule has 4 nitrogen and oxygen atoms in total. The Hall–Kier alpha value is -1.88. The van der Waals surface area contributed by atoms with Crippen molar-refractivity contribution < 1.29 is 0 Å². The minimum absolute atomic E-state index is 0.674. The largest absolute Gasteiger partial charge is 0.357 e. The summed E-state index contributed by atoms with van der Waals surface area (Å²) in [6.07, 6.45) is 0.992. The Morgan fingerprint density at radius 2 is 1.95 bits per heavy atom. The van der Waals surface area contributed by atoms with Crippen molar-refractivity contribution >= 4 is 17.3 Å². The predicted molar refractivity (Wildman–Crippen MR) is 94.3 cm³/mol. The van der Waals surface area contributed by atoms with Gasteiger partial charge in [-0.1, -0.05) is 36.8 Å². The Morgan fingerprint density at radius 1 is 1.18 bits per heavy atom. The van der Waals surface area contributed by atoms with E-state index in [1.807, 2.05) is 0 Å². The standard InChI is InChI=1S/C17H24N4S/c1-4-16-21-15(12-22-16)11-20-17(18-5-2)19-10-14-8-6-13(3)7-9-14/h6-9,12H,4-5,10-11H2,1-3H3,(H2,18,19,20). The van der Waals surface area contributed by atoms with Crippen LogP contribution in [-0.2, 0) is 19.5 Å². The molecule has 1 aromatic carbocycles. The third kappa shape index (κ3) is 5.15. The van der Waals surface area contributed by atoms with Crippen LogP contribution in [0, 0.1) is 6.92 Å². The van der Waals surface area contributed by atoms with E-state index in [0.717, 1.165) is 24.6 Å². The maximum Gasteiger partial charge on any atom is 0.191 e. The first-order valence-electron chi connectivity index (χ1n) is 7.72. The van der Waals surface area contributed by atoms with Gasteiger partial charge in [0.05, 0.1) is 23.8 Å². The highest BCUT2D eigenvalue weighted by atomic mass is 32.1. The number of hydrogen-bond donors (Lipinski definition) is 2. The number of aliphatic imine (C=N–C) groups is 1. The molecule has 2 rings (SSSR count). The van der Waals surface area contributed by atoms with Crippen molar-refractivity contribution in [3.05, 3.63) is 51.5 Å². The lowest BCUT2D eigenvalue weighted by molar-refractivity contribution is 0.800. The van der Waals surface area contributed by atoms with E-state index >= 15 is 0 Å². The highest BCUT2D eigenvalue weighted by molar-refractivity contribution is 7.09. The lowest BCUT2D eigenvalue weighted by atomic mass is 10.1. The van der Waals surface area contributed by atoms with Gasteiger partial charge in [-0.25, -0.2) is 9.98 Å². The molecule has 0 atom stereocenters. The van der Waals surface area contributed by atoms with Crippen molar-refractivity contribution in [2.45, 2.75) is 40.3 Å². The fourth-order valence-electron chi connectivity index (χ4n) is 1.97. The van der Waals surface area contributed by atoms with Crippen LogP contribution in [-0.4, -0.2) is 17.5 Å². The maximum atomic E-state index is 4.63. The summed E-state index contributed by atoms with van der Waals surface area (Å²) in [5.74, 6) is 0.828. The zero-order valence-electron chi connectivity index (χ0n) is 13.5. The molecule has 0 aliphatic heterocycles. The van der Waals surface area contributed by atoms with E-state index < -0.39 is 0 Å². The summed E-state index contributed by atoms with van der Waals surface area (Å²) in [5.41, 5.74) is 3.56. The molecule has 2 N–H and O–H groups in total. The van der Waals surface area contributed by atoms with Gasteiger partial charge in [0.15, 0.2) is 5.96 Å². The van der Waals surface area contributed by atoms with Crippen molar-refractivity contribution in [1.29, 1.82) is 0 Å². The smallest absolute Gasteiger partial charge is 0.191 e. The first-order valence-corrected chi connectivity index (χ1v) is 8.60. The van der Waals surface area contributed by atoms with Gasteiger partial charge in [-0.05, 0) is 25.8 Å². The van der Waals surface area contributed by atoms with Gasteiger partial charge < -0.3 is 10.6 Å². The SMILES string of the molecule is CCNC(=NCc1ccc(C)cc1)NCc1csc(CC)n1. The van der Waals surface area contributed by atoms with E-state index in [0.29, 0.717) is 13.1 Å². The van der Waals surface area contributed by atoms with Crippen LogP contribution in [0.15, 0.2) is 34.6 Å². The number of thiazole rings is 1. The van der Waals surface area contributed by atoms with Crippen LogP contribution in [0.5, 0.6) is 0 Å². The average molecular weight is 316 g/mol. The Balaban J connectivity index is 1.93. The molecule has 0 amide bonds. The van der Waals surface area contributed by atoms with Gasteiger partial charge in [-0.3, -0.25) is 0 Å². The fourth-order valence-corrected chi connectivity index (χ4v) is 2.72. The molecular formula is C17H24N4S. The molecule has 0 unspecified atom stereocenters. The molecule has 0 aliphatic carbocycles. The Labute approximate surface area is 136 Å². The summed E-state index contributed by atoms with van der Waals surface area (Å²) in [7, 11) is 0. The van der Waals surface area contributed by atoms with Gasteiger partial charge in [-0.2, -0.15) is 0 Å². The number of benzene rings is 1.